The van der Waals surface area contributed by atoms with Crippen LogP contribution in [0.2, 0.25) is 0 Å². The van der Waals surface area contributed by atoms with Crippen molar-refractivity contribution >= 4 is 11.0 Å². The van der Waals surface area contributed by atoms with Crippen LogP contribution < -0.4 is 9.42 Å². The van der Waals surface area contributed by atoms with Crippen molar-refractivity contribution < 1.29 is 40.3 Å². The second kappa shape index (κ2) is 8.91. The van der Waals surface area contributed by atoms with Gasteiger partial charge in [0, 0.05) is 11.6 Å². The number of nitrogens with one attached hydrogen (secondary N) is 1. The molecule has 0 spiro atoms. The van der Waals surface area contributed by atoms with Crippen LogP contribution in [0.15, 0.2) is 65.4 Å². The van der Waals surface area contributed by atoms with E-state index in [2.05, 4.69) is 20.2 Å². The van der Waals surface area contributed by atoms with Crippen molar-refractivity contribution in [3.63, 3.8) is 0 Å². The molecule has 37 heavy (non-hydrogen) atoms. The molecule has 5 rings (SSSR count). The average molecular weight is 520 g/mol. The summed E-state index contributed by atoms with van der Waals surface area (Å²) in [5.41, 5.74) is -1.72. The molecule has 0 saturated heterocycles. The molecular formula is C24H16F6N5O2+. The van der Waals surface area contributed by atoms with Gasteiger partial charge < -0.3 is 14.2 Å². The summed E-state index contributed by atoms with van der Waals surface area (Å²) < 4.78 is 91.4. The van der Waals surface area contributed by atoms with E-state index in [1.54, 1.807) is 19.4 Å². The minimum atomic E-state index is -5.03. The molecule has 2 aromatic carbocycles. The number of fused-ring (bicyclic) bond motifs is 1. The van der Waals surface area contributed by atoms with E-state index in [1.807, 2.05) is 18.2 Å². The molecule has 1 N–H and O–H groups in total. The molecule has 0 bridgehead atoms. The third-order valence-electron chi connectivity index (χ3n) is 5.53. The molecule has 3 aromatic heterocycles. The number of aromatic nitrogens is 5. The summed E-state index contributed by atoms with van der Waals surface area (Å²) in [5, 5.41) is 7.88. The number of ether oxygens (including phenoxy) is 1. The van der Waals surface area contributed by atoms with Gasteiger partial charge in [-0.25, -0.2) is 4.98 Å². The zero-order valence-corrected chi connectivity index (χ0v) is 18.9. The molecule has 0 amide bonds. The Bertz CT molecular complexity index is 1590. The van der Waals surface area contributed by atoms with E-state index in [0.717, 1.165) is 11.6 Å². The van der Waals surface area contributed by atoms with E-state index in [-0.39, 0.29) is 24.1 Å². The third kappa shape index (κ3) is 4.84. The third-order valence-corrected chi connectivity index (χ3v) is 5.53. The largest absolute Gasteiger partial charge is 0.496 e. The lowest BCUT2D eigenvalue weighted by Crippen LogP contribution is -2.37. The number of hydrogen-bond donors (Lipinski definition) is 1. The number of aromatic amines is 1. The first-order valence-electron chi connectivity index (χ1n) is 10.7. The Morgan fingerprint density at radius 3 is 2.49 bits per heavy atom. The first kappa shape index (κ1) is 24.3. The second-order valence-corrected chi connectivity index (χ2v) is 7.99. The van der Waals surface area contributed by atoms with E-state index in [0.29, 0.717) is 28.7 Å². The van der Waals surface area contributed by atoms with Crippen molar-refractivity contribution in [3.8, 4) is 28.4 Å². The predicted molar refractivity (Wildman–Crippen MR) is 117 cm³/mol. The number of H-pyrrole nitrogens is 1. The Labute approximate surface area is 204 Å². The molecule has 0 aliphatic heterocycles. The first-order chi connectivity index (χ1) is 17.5. The fraction of sp³-hybridized carbons (Fsp3) is 0.167. The van der Waals surface area contributed by atoms with Gasteiger partial charge in [0.1, 0.15) is 34.5 Å². The highest BCUT2D eigenvalue weighted by atomic mass is 19.4. The van der Waals surface area contributed by atoms with Gasteiger partial charge in [-0.15, -0.1) is 0 Å². The average Bonchev–Trinajstić information content (AvgIpc) is 3.49. The van der Waals surface area contributed by atoms with E-state index in [1.165, 1.54) is 16.9 Å². The van der Waals surface area contributed by atoms with Crippen LogP contribution in [0.5, 0.6) is 5.75 Å². The molecular weight excluding hydrogens is 504 g/mol. The lowest BCUT2D eigenvalue weighted by molar-refractivity contribution is -0.746. The zero-order chi connectivity index (χ0) is 26.4. The van der Waals surface area contributed by atoms with Crippen LogP contribution in [0.3, 0.4) is 0 Å². The van der Waals surface area contributed by atoms with Gasteiger partial charge in [0.25, 0.3) is 0 Å². The molecule has 0 aliphatic rings. The molecule has 0 saturated carbocycles. The number of methoxy groups -OCH3 is 1. The highest BCUT2D eigenvalue weighted by Gasteiger charge is 2.39. The zero-order valence-electron chi connectivity index (χ0n) is 18.9. The first-order valence-corrected chi connectivity index (χ1v) is 10.7. The van der Waals surface area contributed by atoms with E-state index >= 15 is 0 Å². The summed E-state index contributed by atoms with van der Waals surface area (Å²) in [6.07, 6.45) is -6.83. The topological polar surface area (TPSA) is 80.7 Å². The maximum Gasteiger partial charge on any atom is 0.417 e. The number of halogens is 6. The smallest absolute Gasteiger partial charge is 0.417 e. The van der Waals surface area contributed by atoms with Crippen molar-refractivity contribution in [1.29, 1.82) is 0 Å². The SMILES string of the molecule is COc1ccccc1-c1nc2cn[n+](Cc3cc(-c4ccc(C(F)(F)F)cc4C(F)(F)F)no3)cc2[nH]1. The van der Waals surface area contributed by atoms with Gasteiger partial charge in [0.2, 0.25) is 18.5 Å². The van der Waals surface area contributed by atoms with Crippen LogP contribution in [0.1, 0.15) is 16.9 Å². The Hall–Kier alpha value is -4.42. The van der Waals surface area contributed by atoms with Crippen LogP contribution in [-0.2, 0) is 18.9 Å². The normalized spacial score (nSPS) is 12.3. The standard InChI is InChI=1S/C24H15F6N5O2/c1-36-21-5-3-2-4-16(21)22-32-19-10-31-35(12-20(19)33-22)11-14-9-18(34-37-14)15-7-6-13(23(25,26)27)8-17(15)24(28,29)30/h2-10,12H,11H2,1H3/p+1. The summed E-state index contributed by atoms with van der Waals surface area (Å²) in [5.74, 6) is 1.32. The quantitative estimate of drug-likeness (QED) is 0.239. The number of nitrogens with zero attached hydrogens (tertiary/aromatic N) is 4. The molecule has 3 heterocycles. The number of alkyl halides is 6. The van der Waals surface area contributed by atoms with Crippen LogP contribution in [0.4, 0.5) is 26.3 Å². The van der Waals surface area contributed by atoms with Gasteiger partial charge in [-0.1, -0.05) is 28.0 Å². The van der Waals surface area contributed by atoms with Crippen LogP contribution in [0, 0.1) is 0 Å². The minimum absolute atomic E-state index is 0.00601. The van der Waals surface area contributed by atoms with Crippen LogP contribution >= 0.6 is 0 Å². The maximum atomic E-state index is 13.5. The van der Waals surface area contributed by atoms with Gasteiger partial charge in [0.05, 0.1) is 23.8 Å². The second-order valence-electron chi connectivity index (χ2n) is 7.99. The summed E-state index contributed by atoms with van der Waals surface area (Å²) >= 11 is 0. The molecule has 0 fully saturated rings. The fourth-order valence-corrected chi connectivity index (χ4v) is 3.82. The van der Waals surface area contributed by atoms with Crippen LogP contribution in [0.25, 0.3) is 33.7 Å². The predicted octanol–water partition coefficient (Wildman–Crippen LogP) is 5.66. The van der Waals surface area contributed by atoms with Crippen LogP contribution in [-0.4, -0.2) is 27.3 Å². The lowest BCUT2D eigenvalue weighted by atomic mass is 10.0. The van der Waals surface area contributed by atoms with Gasteiger partial charge in [-0.2, -0.15) is 26.3 Å². The van der Waals surface area contributed by atoms with Crippen molar-refractivity contribution in [1.82, 2.24) is 20.2 Å². The van der Waals surface area contributed by atoms with Crippen molar-refractivity contribution in [3.05, 3.63) is 77.8 Å². The van der Waals surface area contributed by atoms with Crippen molar-refractivity contribution in [2.24, 2.45) is 0 Å². The Balaban J connectivity index is 1.43. The number of benzene rings is 2. The number of hydrogen-bond acceptors (Lipinski definition) is 5. The molecule has 13 heteroatoms. The van der Waals surface area contributed by atoms with Crippen molar-refractivity contribution in [2.75, 3.05) is 7.11 Å². The molecule has 5 aromatic rings. The minimum Gasteiger partial charge on any atom is -0.496 e. The van der Waals surface area contributed by atoms with Crippen molar-refractivity contribution in [2.45, 2.75) is 18.9 Å². The van der Waals surface area contributed by atoms with E-state index in [4.69, 9.17) is 9.26 Å². The molecule has 0 radical (unpaired) electrons. The Morgan fingerprint density at radius 2 is 1.76 bits per heavy atom. The Morgan fingerprint density at radius 1 is 0.973 bits per heavy atom. The summed E-state index contributed by atoms with van der Waals surface area (Å²) in [6.45, 7) is -0.00601. The number of imidazole rings is 1. The highest BCUT2D eigenvalue weighted by molar-refractivity contribution is 5.78. The summed E-state index contributed by atoms with van der Waals surface area (Å²) in [4.78, 5) is 7.68. The molecule has 0 unspecified atom stereocenters. The van der Waals surface area contributed by atoms with Gasteiger partial charge >= 0.3 is 12.4 Å². The maximum absolute atomic E-state index is 13.5. The van der Waals surface area contributed by atoms with E-state index in [9.17, 15) is 26.3 Å². The molecule has 190 valence electrons. The molecule has 7 nitrogen and oxygen atoms in total. The molecule has 0 aliphatic carbocycles. The fourth-order valence-electron chi connectivity index (χ4n) is 3.82. The summed E-state index contributed by atoms with van der Waals surface area (Å²) in [6, 6.07) is 9.89. The molecule has 0 atom stereocenters. The highest BCUT2D eigenvalue weighted by Crippen LogP contribution is 2.40. The number of rotatable bonds is 5. The lowest BCUT2D eigenvalue weighted by Gasteiger charge is -2.14. The monoisotopic (exact) mass is 520 g/mol. The summed E-state index contributed by atoms with van der Waals surface area (Å²) in [7, 11) is 1.55. The Kier molecular flexibility index (Phi) is 5.85. The van der Waals surface area contributed by atoms with Gasteiger partial charge in [-0.05, 0) is 29.4 Å². The van der Waals surface area contributed by atoms with E-state index < -0.39 is 29.0 Å². The number of para-hydroxylation sites is 1. The van der Waals surface area contributed by atoms with Gasteiger partial charge in [-0.3, -0.25) is 0 Å². The van der Waals surface area contributed by atoms with Gasteiger partial charge in [0.15, 0.2) is 0 Å².